The van der Waals surface area contributed by atoms with E-state index in [4.69, 9.17) is 4.74 Å². The monoisotopic (exact) mass is 434 g/mol. The molecule has 6 heteroatoms. The molecule has 0 saturated heterocycles. The zero-order chi connectivity index (χ0) is 22.1. The first-order chi connectivity index (χ1) is 15.1. The molecule has 0 aromatic heterocycles. The quantitative estimate of drug-likeness (QED) is 0.411. The molecule has 31 heavy (non-hydrogen) atoms. The van der Waals surface area contributed by atoms with Crippen LogP contribution in [-0.2, 0) is 9.59 Å². The molecule has 0 aliphatic heterocycles. The number of hydrogen-bond acceptors (Lipinski definition) is 4. The van der Waals surface area contributed by atoms with Gasteiger partial charge in [0.05, 0.1) is 7.11 Å². The van der Waals surface area contributed by atoms with Crippen molar-refractivity contribution in [1.82, 2.24) is 0 Å². The Bertz CT molecular complexity index is 1010. The van der Waals surface area contributed by atoms with Crippen molar-refractivity contribution in [3.63, 3.8) is 0 Å². The molecule has 0 heterocycles. The highest BCUT2D eigenvalue weighted by molar-refractivity contribution is 8.00. The standard InChI is InChI=1S/C25H26N2O3S/c1-3-8-23(28)26-20-11-7-12-22(17-20)31-24(18-9-5-4-6-10-18)25(29)27-19-13-15-21(30-2)16-14-19/h4-7,9-17,24H,3,8H2,1-2H3,(H,26,28)(H,27,29). The molecule has 0 fully saturated rings. The summed E-state index contributed by atoms with van der Waals surface area (Å²) in [5, 5.41) is 5.45. The van der Waals surface area contributed by atoms with E-state index in [1.165, 1.54) is 11.8 Å². The lowest BCUT2D eigenvalue weighted by Gasteiger charge is -2.18. The van der Waals surface area contributed by atoms with Crippen LogP contribution in [0.1, 0.15) is 30.6 Å². The highest BCUT2D eigenvalue weighted by Crippen LogP contribution is 2.37. The minimum absolute atomic E-state index is 0.0125. The van der Waals surface area contributed by atoms with E-state index in [0.717, 1.165) is 28.3 Å². The van der Waals surface area contributed by atoms with Gasteiger partial charge < -0.3 is 15.4 Å². The second kappa shape index (κ2) is 11.2. The number of methoxy groups -OCH3 is 1. The lowest BCUT2D eigenvalue weighted by atomic mass is 10.1. The third-order valence-corrected chi connectivity index (χ3v) is 5.79. The number of anilines is 2. The van der Waals surface area contributed by atoms with Crippen LogP contribution in [0.2, 0.25) is 0 Å². The fourth-order valence-electron chi connectivity index (χ4n) is 3.02. The van der Waals surface area contributed by atoms with Crippen molar-refractivity contribution >= 4 is 35.0 Å². The molecule has 0 radical (unpaired) electrons. The molecule has 2 amide bonds. The van der Waals surface area contributed by atoms with Gasteiger partial charge in [-0.25, -0.2) is 0 Å². The van der Waals surface area contributed by atoms with Crippen LogP contribution in [0.4, 0.5) is 11.4 Å². The molecule has 1 unspecified atom stereocenters. The second-order valence-corrected chi connectivity index (χ2v) is 8.13. The maximum atomic E-state index is 13.2. The second-order valence-electron chi connectivity index (χ2n) is 6.95. The van der Waals surface area contributed by atoms with Crippen LogP contribution in [0.5, 0.6) is 5.75 Å². The lowest BCUT2D eigenvalue weighted by molar-refractivity contribution is -0.116. The SMILES string of the molecule is CCCC(=O)Nc1cccc(SC(C(=O)Nc2ccc(OC)cc2)c2ccccc2)c1. The molecule has 0 aliphatic rings. The average molecular weight is 435 g/mol. The Labute approximate surface area is 187 Å². The minimum atomic E-state index is -0.454. The Morgan fingerprint density at radius 3 is 2.32 bits per heavy atom. The summed E-state index contributed by atoms with van der Waals surface area (Å²) >= 11 is 1.44. The number of ether oxygens (including phenoxy) is 1. The molecule has 3 aromatic carbocycles. The van der Waals surface area contributed by atoms with Crippen molar-refractivity contribution in [2.75, 3.05) is 17.7 Å². The van der Waals surface area contributed by atoms with Crippen LogP contribution in [0.3, 0.4) is 0 Å². The van der Waals surface area contributed by atoms with E-state index in [0.29, 0.717) is 12.1 Å². The van der Waals surface area contributed by atoms with Crippen LogP contribution in [0.15, 0.2) is 83.8 Å². The van der Waals surface area contributed by atoms with E-state index in [1.807, 2.05) is 85.8 Å². The highest BCUT2D eigenvalue weighted by Gasteiger charge is 2.22. The van der Waals surface area contributed by atoms with Crippen LogP contribution in [0, 0.1) is 0 Å². The van der Waals surface area contributed by atoms with Gasteiger partial charge in [-0.1, -0.05) is 43.3 Å². The van der Waals surface area contributed by atoms with Gasteiger partial charge in [0.1, 0.15) is 11.0 Å². The molecule has 160 valence electrons. The average Bonchev–Trinajstić information content (AvgIpc) is 2.79. The summed E-state index contributed by atoms with van der Waals surface area (Å²) in [6, 6.07) is 24.5. The summed E-state index contributed by atoms with van der Waals surface area (Å²) in [4.78, 5) is 26.0. The number of hydrogen-bond donors (Lipinski definition) is 2. The molecule has 0 aliphatic carbocycles. The number of thioether (sulfide) groups is 1. The summed E-state index contributed by atoms with van der Waals surface area (Å²) < 4.78 is 5.18. The third-order valence-electron chi connectivity index (χ3n) is 4.55. The molecule has 3 aromatic rings. The fourth-order valence-corrected chi connectivity index (χ4v) is 4.10. The van der Waals surface area contributed by atoms with Crippen LogP contribution in [0.25, 0.3) is 0 Å². The Hall–Kier alpha value is -3.25. The third kappa shape index (κ3) is 6.62. The molecule has 3 rings (SSSR count). The Balaban J connectivity index is 1.79. The van der Waals surface area contributed by atoms with Crippen LogP contribution < -0.4 is 15.4 Å². The number of carbonyl (C=O) groups is 2. The normalized spacial score (nSPS) is 11.4. The predicted octanol–water partition coefficient (Wildman–Crippen LogP) is 5.91. The molecule has 2 N–H and O–H groups in total. The van der Waals surface area contributed by atoms with E-state index in [2.05, 4.69) is 10.6 Å². The molecule has 0 spiro atoms. The number of benzene rings is 3. The molecule has 0 saturated carbocycles. The highest BCUT2D eigenvalue weighted by atomic mass is 32.2. The van der Waals surface area contributed by atoms with Crippen LogP contribution in [-0.4, -0.2) is 18.9 Å². The summed E-state index contributed by atoms with van der Waals surface area (Å²) in [7, 11) is 1.61. The van der Waals surface area contributed by atoms with Gasteiger partial charge in [-0.15, -0.1) is 11.8 Å². The van der Waals surface area contributed by atoms with Gasteiger partial charge in [0, 0.05) is 22.7 Å². The largest absolute Gasteiger partial charge is 0.497 e. The van der Waals surface area contributed by atoms with E-state index in [9.17, 15) is 9.59 Å². The maximum Gasteiger partial charge on any atom is 0.242 e. The number of carbonyl (C=O) groups excluding carboxylic acids is 2. The van der Waals surface area contributed by atoms with Gasteiger partial charge in [0.15, 0.2) is 0 Å². The summed E-state index contributed by atoms with van der Waals surface area (Å²) in [6.07, 6.45) is 1.27. The minimum Gasteiger partial charge on any atom is -0.497 e. The van der Waals surface area contributed by atoms with E-state index in [-0.39, 0.29) is 11.8 Å². The first-order valence-electron chi connectivity index (χ1n) is 10.2. The summed E-state index contributed by atoms with van der Waals surface area (Å²) in [6.45, 7) is 1.97. The maximum absolute atomic E-state index is 13.2. The smallest absolute Gasteiger partial charge is 0.242 e. The van der Waals surface area contributed by atoms with Gasteiger partial charge in [0.25, 0.3) is 0 Å². The zero-order valence-electron chi connectivity index (χ0n) is 17.6. The van der Waals surface area contributed by atoms with Crippen molar-refractivity contribution < 1.29 is 14.3 Å². The van der Waals surface area contributed by atoms with Crippen molar-refractivity contribution in [3.8, 4) is 5.75 Å². The molecular formula is C25H26N2O3S. The zero-order valence-corrected chi connectivity index (χ0v) is 18.4. The summed E-state index contributed by atoms with van der Waals surface area (Å²) in [5.74, 6) is 0.595. The van der Waals surface area contributed by atoms with E-state index in [1.54, 1.807) is 7.11 Å². The van der Waals surface area contributed by atoms with Crippen molar-refractivity contribution in [3.05, 3.63) is 84.4 Å². The van der Waals surface area contributed by atoms with E-state index >= 15 is 0 Å². The van der Waals surface area contributed by atoms with Crippen molar-refractivity contribution in [2.24, 2.45) is 0 Å². The number of amides is 2. The molecule has 1 atom stereocenters. The Morgan fingerprint density at radius 1 is 0.903 bits per heavy atom. The van der Waals surface area contributed by atoms with Crippen LogP contribution >= 0.6 is 11.8 Å². The molecule has 0 bridgehead atoms. The van der Waals surface area contributed by atoms with Crippen molar-refractivity contribution in [2.45, 2.75) is 29.9 Å². The Morgan fingerprint density at radius 2 is 1.65 bits per heavy atom. The lowest BCUT2D eigenvalue weighted by Crippen LogP contribution is -2.19. The number of rotatable bonds is 9. The van der Waals surface area contributed by atoms with E-state index < -0.39 is 5.25 Å². The summed E-state index contributed by atoms with van der Waals surface area (Å²) in [5.41, 5.74) is 2.33. The van der Waals surface area contributed by atoms with Gasteiger partial charge in [-0.3, -0.25) is 9.59 Å². The molecular weight excluding hydrogens is 408 g/mol. The van der Waals surface area contributed by atoms with Gasteiger partial charge >= 0.3 is 0 Å². The van der Waals surface area contributed by atoms with Crippen molar-refractivity contribution in [1.29, 1.82) is 0 Å². The predicted molar refractivity (Wildman–Crippen MR) is 127 cm³/mol. The van der Waals surface area contributed by atoms with Gasteiger partial charge in [-0.2, -0.15) is 0 Å². The Kier molecular flexibility index (Phi) is 8.12. The number of nitrogens with one attached hydrogen (secondary N) is 2. The van der Waals surface area contributed by atoms with Gasteiger partial charge in [0.2, 0.25) is 11.8 Å². The first-order valence-corrected chi connectivity index (χ1v) is 11.0. The first kappa shape index (κ1) is 22.4. The molecule has 5 nitrogen and oxygen atoms in total. The topological polar surface area (TPSA) is 67.4 Å². The van der Waals surface area contributed by atoms with Gasteiger partial charge in [-0.05, 0) is 54.4 Å². The fraction of sp³-hybridized carbons (Fsp3) is 0.200.